The molecule has 0 rings (SSSR count). The molecule has 3 heteroatoms. The Morgan fingerprint density at radius 1 is 0.700 bits per heavy atom. The van der Waals surface area contributed by atoms with Crippen LogP contribution in [0.15, 0.2) is 0 Å². The third-order valence-corrected chi connectivity index (χ3v) is 3.65. The van der Waals surface area contributed by atoms with Crippen LogP contribution in [0.2, 0.25) is 0 Å². The van der Waals surface area contributed by atoms with Crippen LogP contribution in [0.3, 0.4) is 0 Å². The second kappa shape index (κ2) is 11.8. The van der Waals surface area contributed by atoms with Crippen molar-refractivity contribution >= 4 is 17.3 Å². The molecule has 3 nitrogen and oxygen atoms in total. The maximum absolute atomic E-state index is 11.7. The smallest absolute Gasteiger partial charge is 0.133 e. The van der Waals surface area contributed by atoms with Gasteiger partial charge in [-0.15, -0.1) is 0 Å². The van der Waals surface area contributed by atoms with Crippen LogP contribution in [-0.2, 0) is 14.4 Å². The standard InChI is InChI=1S/C17H30O3/c1-4-7-14(13-17(20)8-5-2)9-10-16(19)12-11-15(18)6-3/h14H,4-13H2,1-3H3. The van der Waals surface area contributed by atoms with E-state index in [1.54, 1.807) is 0 Å². The first kappa shape index (κ1) is 19.0. The van der Waals surface area contributed by atoms with Gasteiger partial charge in [-0.3, -0.25) is 14.4 Å². The minimum atomic E-state index is 0.154. The fraction of sp³-hybridized carbons (Fsp3) is 0.824. The number of ketones is 3. The summed E-state index contributed by atoms with van der Waals surface area (Å²) in [6.45, 7) is 5.95. The summed E-state index contributed by atoms with van der Waals surface area (Å²) >= 11 is 0. The number of hydrogen-bond donors (Lipinski definition) is 0. The molecule has 20 heavy (non-hydrogen) atoms. The number of rotatable bonds is 13. The first-order valence-corrected chi connectivity index (χ1v) is 8.08. The van der Waals surface area contributed by atoms with Crippen LogP contribution < -0.4 is 0 Å². The zero-order valence-electron chi connectivity index (χ0n) is 13.4. The third-order valence-electron chi connectivity index (χ3n) is 3.65. The molecule has 0 aromatic carbocycles. The summed E-state index contributed by atoms with van der Waals surface area (Å²) in [6.07, 6.45) is 6.79. The predicted octanol–water partition coefficient (Wildman–Crippen LogP) is 4.27. The Morgan fingerprint density at radius 3 is 1.90 bits per heavy atom. The molecule has 0 saturated heterocycles. The van der Waals surface area contributed by atoms with Crippen molar-refractivity contribution in [3.8, 4) is 0 Å². The van der Waals surface area contributed by atoms with Crippen molar-refractivity contribution in [3.05, 3.63) is 0 Å². The highest BCUT2D eigenvalue weighted by atomic mass is 16.1. The van der Waals surface area contributed by atoms with Crippen LogP contribution in [0.5, 0.6) is 0 Å². The summed E-state index contributed by atoms with van der Waals surface area (Å²) in [5.41, 5.74) is 0. The fourth-order valence-corrected chi connectivity index (χ4v) is 2.41. The molecule has 0 aliphatic heterocycles. The number of carbonyl (C=O) groups excluding carboxylic acids is 3. The van der Waals surface area contributed by atoms with Gasteiger partial charge >= 0.3 is 0 Å². The van der Waals surface area contributed by atoms with Gasteiger partial charge in [0.2, 0.25) is 0 Å². The van der Waals surface area contributed by atoms with E-state index in [4.69, 9.17) is 0 Å². The molecule has 0 fully saturated rings. The molecular formula is C17H30O3. The van der Waals surface area contributed by atoms with E-state index in [1.807, 2.05) is 13.8 Å². The zero-order valence-corrected chi connectivity index (χ0v) is 13.4. The Labute approximate surface area is 123 Å². The van der Waals surface area contributed by atoms with Crippen LogP contribution in [0.4, 0.5) is 0 Å². The molecule has 1 atom stereocenters. The first-order valence-electron chi connectivity index (χ1n) is 8.08. The Hall–Kier alpha value is -0.990. The monoisotopic (exact) mass is 282 g/mol. The lowest BCUT2D eigenvalue weighted by molar-refractivity contribution is -0.124. The van der Waals surface area contributed by atoms with E-state index >= 15 is 0 Å². The summed E-state index contributed by atoms with van der Waals surface area (Å²) in [7, 11) is 0. The van der Waals surface area contributed by atoms with Crippen molar-refractivity contribution in [2.75, 3.05) is 0 Å². The lowest BCUT2D eigenvalue weighted by Gasteiger charge is -2.14. The average Bonchev–Trinajstić information content (AvgIpc) is 2.42. The quantitative estimate of drug-likeness (QED) is 0.507. The molecule has 0 aliphatic carbocycles. The van der Waals surface area contributed by atoms with Crippen molar-refractivity contribution < 1.29 is 14.4 Å². The zero-order chi connectivity index (χ0) is 15.4. The Morgan fingerprint density at radius 2 is 1.35 bits per heavy atom. The Kier molecular flexibility index (Phi) is 11.2. The minimum Gasteiger partial charge on any atom is -0.300 e. The molecule has 0 aromatic rings. The molecule has 0 amide bonds. The summed E-state index contributed by atoms with van der Waals surface area (Å²) in [6, 6.07) is 0. The number of hydrogen-bond acceptors (Lipinski definition) is 3. The van der Waals surface area contributed by atoms with E-state index in [0.29, 0.717) is 50.2 Å². The predicted molar refractivity (Wildman–Crippen MR) is 81.7 cm³/mol. The number of carbonyl (C=O) groups is 3. The van der Waals surface area contributed by atoms with Crippen molar-refractivity contribution in [3.63, 3.8) is 0 Å². The normalized spacial score (nSPS) is 12.2. The Bertz CT molecular complexity index is 307. The van der Waals surface area contributed by atoms with Crippen molar-refractivity contribution in [1.29, 1.82) is 0 Å². The summed E-state index contributed by atoms with van der Waals surface area (Å²) in [5.74, 6) is 0.974. The highest BCUT2D eigenvalue weighted by molar-refractivity contribution is 5.85. The maximum Gasteiger partial charge on any atom is 0.133 e. The van der Waals surface area contributed by atoms with Gasteiger partial charge in [-0.1, -0.05) is 33.6 Å². The van der Waals surface area contributed by atoms with Gasteiger partial charge in [0.05, 0.1) is 0 Å². The molecule has 0 spiro atoms. The van der Waals surface area contributed by atoms with Crippen LogP contribution in [0, 0.1) is 5.92 Å². The molecule has 0 radical (unpaired) electrons. The highest BCUT2D eigenvalue weighted by Gasteiger charge is 2.15. The molecule has 0 bridgehead atoms. The Balaban J connectivity index is 4.03. The molecule has 1 unspecified atom stereocenters. The van der Waals surface area contributed by atoms with Crippen molar-refractivity contribution in [1.82, 2.24) is 0 Å². The fourth-order valence-electron chi connectivity index (χ4n) is 2.41. The minimum absolute atomic E-state index is 0.154. The van der Waals surface area contributed by atoms with Gasteiger partial charge in [-0.25, -0.2) is 0 Å². The number of Topliss-reactive ketones (excluding diaryl/α,β-unsaturated/α-hetero) is 3. The summed E-state index contributed by atoms with van der Waals surface area (Å²) in [4.78, 5) is 34.6. The van der Waals surface area contributed by atoms with Crippen molar-refractivity contribution in [2.24, 2.45) is 5.92 Å². The molecule has 0 heterocycles. The summed E-state index contributed by atoms with van der Waals surface area (Å²) in [5, 5.41) is 0. The van der Waals surface area contributed by atoms with E-state index in [-0.39, 0.29) is 11.6 Å². The van der Waals surface area contributed by atoms with Gasteiger partial charge < -0.3 is 0 Å². The lowest BCUT2D eigenvalue weighted by atomic mass is 9.90. The molecule has 0 saturated carbocycles. The van der Waals surface area contributed by atoms with Gasteiger partial charge in [0.25, 0.3) is 0 Å². The van der Waals surface area contributed by atoms with Crippen LogP contribution in [0.1, 0.15) is 85.0 Å². The second-order valence-electron chi connectivity index (χ2n) is 5.62. The third kappa shape index (κ3) is 9.88. The van der Waals surface area contributed by atoms with Crippen LogP contribution in [-0.4, -0.2) is 17.3 Å². The highest BCUT2D eigenvalue weighted by Crippen LogP contribution is 2.20. The van der Waals surface area contributed by atoms with E-state index in [9.17, 15) is 14.4 Å². The van der Waals surface area contributed by atoms with E-state index in [2.05, 4.69) is 6.92 Å². The summed E-state index contributed by atoms with van der Waals surface area (Å²) < 4.78 is 0. The molecule has 116 valence electrons. The van der Waals surface area contributed by atoms with Crippen LogP contribution >= 0.6 is 0 Å². The molecular weight excluding hydrogens is 252 g/mol. The van der Waals surface area contributed by atoms with Gasteiger partial charge in [0.15, 0.2) is 0 Å². The van der Waals surface area contributed by atoms with Gasteiger partial charge in [0.1, 0.15) is 17.3 Å². The topological polar surface area (TPSA) is 51.2 Å². The van der Waals surface area contributed by atoms with Gasteiger partial charge in [-0.2, -0.15) is 0 Å². The van der Waals surface area contributed by atoms with Gasteiger partial charge in [0, 0.05) is 38.5 Å². The van der Waals surface area contributed by atoms with E-state index < -0.39 is 0 Å². The average molecular weight is 282 g/mol. The molecule has 0 aromatic heterocycles. The lowest BCUT2D eigenvalue weighted by Crippen LogP contribution is -2.11. The van der Waals surface area contributed by atoms with Gasteiger partial charge in [-0.05, 0) is 18.8 Å². The van der Waals surface area contributed by atoms with E-state index in [1.165, 1.54) is 0 Å². The first-order chi connectivity index (χ1) is 9.53. The van der Waals surface area contributed by atoms with Crippen LogP contribution in [0.25, 0.3) is 0 Å². The second-order valence-corrected chi connectivity index (χ2v) is 5.62. The largest absolute Gasteiger partial charge is 0.300 e. The SMILES string of the molecule is CCCC(=O)CC(CCC)CCC(=O)CCC(=O)CC. The molecule has 0 N–H and O–H groups in total. The molecule has 0 aliphatic rings. The van der Waals surface area contributed by atoms with E-state index in [0.717, 1.165) is 25.7 Å². The van der Waals surface area contributed by atoms with Crippen molar-refractivity contribution in [2.45, 2.75) is 85.0 Å². The maximum atomic E-state index is 11.7.